The van der Waals surface area contributed by atoms with Gasteiger partial charge in [-0.1, -0.05) is 0 Å². The number of fused-ring (bicyclic) bond motifs is 1. The average molecular weight is 204 g/mol. The second-order valence-electron chi connectivity index (χ2n) is 3.32. The number of H-pyrrole nitrogens is 1. The van der Waals surface area contributed by atoms with Crippen molar-refractivity contribution >= 4 is 16.9 Å². The van der Waals surface area contributed by atoms with Gasteiger partial charge >= 0.3 is 0 Å². The van der Waals surface area contributed by atoms with Gasteiger partial charge in [-0.2, -0.15) is 0 Å². The topological polar surface area (TPSA) is 65.2 Å². The van der Waals surface area contributed by atoms with Gasteiger partial charge < -0.3 is 19.6 Å². The number of aromatic carboxylic acids is 1. The van der Waals surface area contributed by atoms with Gasteiger partial charge in [0.15, 0.2) is 0 Å². The third-order valence-electron chi connectivity index (χ3n) is 2.47. The van der Waals surface area contributed by atoms with Gasteiger partial charge in [0, 0.05) is 10.9 Å². The predicted octanol–water partition coefficient (Wildman–Crippen LogP) is 0.848. The minimum atomic E-state index is -1.19. The van der Waals surface area contributed by atoms with Gasteiger partial charge in [0.1, 0.15) is 5.75 Å². The fraction of sp³-hybridized carbons (Fsp3) is 0.182. The highest BCUT2D eigenvalue weighted by molar-refractivity contribution is 5.96. The number of benzene rings is 1. The van der Waals surface area contributed by atoms with Gasteiger partial charge in [-0.05, 0) is 30.7 Å². The number of aromatic nitrogens is 1. The molecule has 1 aromatic carbocycles. The fourth-order valence-corrected chi connectivity index (χ4v) is 1.64. The third-order valence-corrected chi connectivity index (χ3v) is 2.47. The molecule has 0 aliphatic carbocycles. The molecule has 4 nitrogen and oxygen atoms in total. The molecule has 0 amide bonds. The van der Waals surface area contributed by atoms with Crippen molar-refractivity contribution in [3.05, 3.63) is 29.5 Å². The molecule has 0 aliphatic rings. The number of hydrogen-bond acceptors (Lipinski definition) is 3. The van der Waals surface area contributed by atoms with E-state index in [-0.39, 0.29) is 5.69 Å². The van der Waals surface area contributed by atoms with Crippen LogP contribution in [-0.2, 0) is 0 Å². The van der Waals surface area contributed by atoms with E-state index in [1.54, 1.807) is 32.2 Å². The van der Waals surface area contributed by atoms with Crippen LogP contribution < -0.4 is 9.84 Å². The van der Waals surface area contributed by atoms with Gasteiger partial charge in [-0.15, -0.1) is 0 Å². The first-order chi connectivity index (χ1) is 7.13. The highest BCUT2D eigenvalue weighted by Crippen LogP contribution is 2.25. The van der Waals surface area contributed by atoms with Crippen LogP contribution in [-0.4, -0.2) is 18.1 Å². The van der Waals surface area contributed by atoms with Crippen LogP contribution in [0, 0.1) is 6.92 Å². The normalized spacial score (nSPS) is 10.5. The van der Waals surface area contributed by atoms with E-state index in [0.29, 0.717) is 11.3 Å². The van der Waals surface area contributed by atoms with Gasteiger partial charge in [0.05, 0.1) is 18.8 Å². The Morgan fingerprint density at radius 3 is 2.80 bits per heavy atom. The molecule has 4 heteroatoms. The largest absolute Gasteiger partial charge is 0.543 e. The summed E-state index contributed by atoms with van der Waals surface area (Å²) in [4.78, 5) is 13.6. The molecule has 0 aliphatic heterocycles. The summed E-state index contributed by atoms with van der Waals surface area (Å²) in [7, 11) is 1.57. The standard InChI is InChI=1S/C11H11NO3/c1-6-8-5-7(15-2)3-4-9(8)12-10(6)11(13)14/h3-5,12H,1-2H3,(H,13,14)/p-1. The van der Waals surface area contributed by atoms with Crippen LogP contribution in [0.1, 0.15) is 16.1 Å². The van der Waals surface area contributed by atoms with Crippen molar-refractivity contribution < 1.29 is 14.6 Å². The lowest BCUT2D eigenvalue weighted by atomic mass is 10.1. The smallest absolute Gasteiger partial charge is 0.119 e. The quantitative estimate of drug-likeness (QED) is 0.788. The fourth-order valence-electron chi connectivity index (χ4n) is 1.64. The zero-order chi connectivity index (χ0) is 11.0. The lowest BCUT2D eigenvalue weighted by Crippen LogP contribution is -2.23. The molecule has 2 aromatic rings. The number of hydrogen-bond donors (Lipinski definition) is 1. The molecule has 0 atom stereocenters. The zero-order valence-corrected chi connectivity index (χ0v) is 8.46. The first-order valence-electron chi connectivity index (χ1n) is 4.51. The number of aryl methyl sites for hydroxylation is 1. The SMILES string of the molecule is COc1ccc2[nH]c(C(=O)[O-])c(C)c2c1. The maximum Gasteiger partial charge on any atom is 0.119 e. The summed E-state index contributed by atoms with van der Waals surface area (Å²) in [5.41, 5.74) is 1.56. The van der Waals surface area contributed by atoms with Crippen LogP contribution in [0.25, 0.3) is 10.9 Å². The number of aromatic amines is 1. The number of ether oxygens (including phenoxy) is 1. The van der Waals surface area contributed by atoms with Gasteiger partial charge in [-0.3, -0.25) is 0 Å². The van der Waals surface area contributed by atoms with E-state index in [4.69, 9.17) is 4.74 Å². The molecule has 0 spiro atoms. The van der Waals surface area contributed by atoms with Crippen LogP contribution in [0.2, 0.25) is 0 Å². The van der Waals surface area contributed by atoms with E-state index in [9.17, 15) is 9.90 Å². The van der Waals surface area contributed by atoms with Crippen molar-refractivity contribution in [2.24, 2.45) is 0 Å². The van der Waals surface area contributed by atoms with Crippen LogP contribution in [0.4, 0.5) is 0 Å². The Bertz CT molecular complexity index is 528. The Morgan fingerprint density at radius 1 is 1.47 bits per heavy atom. The van der Waals surface area contributed by atoms with E-state index in [2.05, 4.69) is 4.98 Å². The minimum absolute atomic E-state index is 0.123. The molecule has 78 valence electrons. The van der Waals surface area contributed by atoms with E-state index in [1.807, 2.05) is 0 Å². The molecule has 0 fully saturated rings. The Morgan fingerprint density at radius 2 is 2.20 bits per heavy atom. The van der Waals surface area contributed by atoms with Crippen molar-refractivity contribution in [1.82, 2.24) is 4.98 Å². The van der Waals surface area contributed by atoms with Gasteiger partial charge in [0.25, 0.3) is 0 Å². The highest BCUT2D eigenvalue weighted by Gasteiger charge is 2.08. The molecule has 0 saturated heterocycles. The Kier molecular flexibility index (Phi) is 2.11. The lowest BCUT2D eigenvalue weighted by molar-refractivity contribution is -0.255. The van der Waals surface area contributed by atoms with E-state index in [1.165, 1.54) is 0 Å². The number of carboxylic acid groups (broad SMARTS) is 1. The van der Waals surface area contributed by atoms with E-state index >= 15 is 0 Å². The average Bonchev–Trinajstić information content (AvgIpc) is 2.56. The third kappa shape index (κ3) is 1.44. The van der Waals surface area contributed by atoms with E-state index < -0.39 is 5.97 Å². The Hall–Kier alpha value is -1.97. The number of methoxy groups -OCH3 is 1. The molecular formula is C11H10NO3-. The van der Waals surface area contributed by atoms with Crippen molar-refractivity contribution in [3.8, 4) is 5.75 Å². The number of carbonyl (C=O) groups is 1. The molecular weight excluding hydrogens is 194 g/mol. The number of carboxylic acids is 1. The predicted molar refractivity (Wildman–Crippen MR) is 53.9 cm³/mol. The lowest BCUT2D eigenvalue weighted by Gasteiger charge is -2.00. The summed E-state index contributed by atoms with van der Waals surface area (Å²) in [6.45, 7) is 1.74. The second-order valence-corrected chi connectivity index (χ2v) is 3.32. The number of rotatable bonds is 2. The maximum atomic E-state index is 10.8. The van der Waals surface area contributed by atoms with Gasteiger partial charge in [-0.25, -0.2) is 0 Å². The number of carbonyl (C=O) groups excluding carboxylic acids is 1. The molecule has 1 N–H and O–H groups in total. The summed E-state index contributed by atoms with van der Waals surface area (Å²) in [6, 6.07) is 5.36. The first-order valence-corrected chi connectivity index (χ1v) is 4.51. The summed E-state index contributed by atoms with van der Waals surface area (Å²) < 4.78 is 5.07. The molecule has 15 heavy (non-hydrogen) atoms. The Balaban J connectivity index is 2.72. The molecule has 2 rings (SSSR count). The summed E-state index contributed by atoms with van der Waals surface area (Å²) >= 11 is 0. The molecule has 0 bridgehead atoms. The highest BCUT2D eigenvalue weighted by atomic mass is 16.5. The van der Waals surface area contributed by atoms with E-state index in [0.717, 1.165) is 10.9 Å². The molecule has 1 aromatic heterocycles. The molecule has 0 radical (unpaired) electrons. The molecule has 0 saturated carbocycles. The maximum absolute atomic E-state index is 10.8. The zero-order valence-electron chi connectivity index (χ0n) is 8.46. The molecule has 1 heterocycles. The van der Waals surface area contributed by atoms with Gasteiger partial charge in [0.2, 0.25) is 0 Å². The van der Waals surface area contributed by atoms with Crippen LogP contribution in [0.5, 0.6) is 5.75 Å². The van der Waals surface area contributed by atoms with Crippen LogP contribution >= 0.6 is 0 Å². The van der Waals surface area contributed by atoms with Crippen molar-refractivity contribution in [2.75, 3.05) is 7.11 Å². The minimum Gasteiger partial charge on any atom is -0.543 e. The van der Waals surface area contributed by atoms with Crippen molar-refractivity contribution in [2.45, 2.75) is 6.92 Å². The second kappa shape index (κ2) is 3.31. The summed E-state index contributed by atoms with van der Waals surface area (Å²) in [5, 5.41) is 11.6. The van der Waals surface area contributed by atoms with Crippen LogP contribution in [0.3, 0.4) is 0 Å². The van der Waals surface area contributed by atoms with Crippen LogP contribution in [0.15, 0.2) is 18.2 Å². The first kappa shape index (κ1) is 9.58. The van der Waals surface area contributed by atoms with Crippen molar-refractivity contribution in [1.29, 1.82) is 0 Å². The number of nitrogens with one attached hydrogen (secondary N) is 1. The summed E-state index contributed by atoms with van der Waals surface area (Å²) in [5.74, 6) is -0.489. The molecule has 0 unspecified atom stereocenters. The monoisotopic (exact) mass is 204 g/mol. The Labute approximate surface area is 86.5 Å². The van der Waals surface area contributed by atoms with Crippen molar-refractivity contribution in [3.63, 3.8) is 0 Å². The summed E-state index contributed by atoms with van der Waals surface area (Å²) in [6.07, 6.45) is 0.